The zero-order chi connectivity index (χ0) is 8.69. The second-order valence-corrected chi connectivity index (χ2v) is 1.94. The smallest absolute Gasteiger partial charge is 0.0373 e. The average Bonchev–Trinajstić information content (AvgIpc) is 2.10. The summed E-state index contributed by atoms with van der Waals surface area (Å²) in [5.74, 6) is 0. The number of rotatable bonds is 1. The van der Waals surface area contributed by atoms with Crippen LogP contribution in [0.5, 0.6) is 0 Å². The van der Waals surface area contributed by atoms with E-state index in [1.807, 2.05) is 39.1 Å². The maximum Gasteiger partial charge on any atom is 0.0373 e. The minimum absolute atomic E-state index is 0. The molecular weight excluding hydrogens is 214 g/mol. The highest BCUT2D eigenvalue weighted by Gasteiger charge is 1.83. The van der Waals surface area contributed by atoms with Crippen LogP contribution >= 0.6 is 17.0 Å². The van der Waals surface area contributed by atoms with E-state index in [2.05, 4.69) is 11.6 Å². The Hall–Kier alpha value is -0.630. The average molecular weight is 230 g/mol. The molecule has 0 atom stereocenters. The normalized spacial score (nSPS) is 7.25. The van der Waals surface area contributed by atoms with Crippen molar-refractivity contribution >= 4 is 23.1 Å². The van der Waals surface area contributed by atoms with E-state index in [4.69, 9.17) is 0 Å². The molecule has 1 aromatic rings. The Kier molecular flexibility index (Phi) is 9.83. The SMILES string of the molecule is Br.C=Cc1ccc(C)nc1.CC. The summed E-state index contributed by atoms with van der Waals surface area (Å²) in [6, 6.07) is 3.96. The van der Waals surface area contributed by atoms with Crippen LogP contribution in [0.3, 0.4) is 0 Å². The molecule has 0 aliphatic rings. The zero-order valence-electron chi connectivity index (χ0n) is 7.87. The summed E-state index contributed by atoms with van der Waals surface area (Å²) in [4.78, 5) is 4.08. The molecule has 0 fully saturated rings. The first kappa shape index (κ1) is 13.9. The van der Waals surface area contributed by atoms with Crippen LogP contribution in [0.25, 0.3) is 6.08 Å². The van der Waals surface area contributed by atoms with Gasteiger partial charge in [0.25, 0.3) is 0 Å². The van der Waals surface area contributed by atoms with E-state index >= 15 is 0 Å². The lowest BCUT2D eigenvalue weighted by molar-refractivity contribution is 1.19. The lowest BCUT2D eigenvalue weighted by Crippen LogP contribution is -1.78. The Labute approximate surface area is 85.3 Å². The summed E-state index contributed by atoms with van der Waals surface area (Å²) in [6.07, 6.45) is 3.59. The molecule has 0 N–H and O–H groups in total. The first-order chi connectivity index (χ1) is 5.33. The van der Waals surface area contributed by atoms with Gasteiger partial charge in [-0.2, -0.15) is 0 Å². The monoisotopic (exact) mass is 229 g/mol. The number of pyridine rings is 1. The molecule has 12 heavy (non-hydrogen) atoms. The van der Waals surface area contributed by atoms with E-state index in [1.165, 1.54) is 0 Å². The second kappa shape index (κ2) is 8.47. The van der Waals surface area contributed by atoms with Crippen molar-refractivity contribution in [3.8, 4) is 0 Å². The maximum atomic E-state index is 4.08. The Morgan fingerprint density at radius 3 is 2.25 bits per heavy atom. The van der Waals surface area contributed by atoms with Crippen LogP contribution in [0.15, 0.2) is 24.9 Å². The molecule has 0 radical (unpaired) electrons. The van der Waals surface area contributed by atoms with Gasteiger partial charge in [-0.05, 0) is 18.6 Å². The molecule has 68 valence electrons. The van der Waals surface area contributed by atoms with Crippen molar-refractivity contribution in [2.45, 2.75) is 20.8 Å². The van der Waals surface area contributed by atoms with Gasteiger partial charge in [-0.1, -0.05) is 32.6 Å². The van der Waals surface area contributed by atoms with Gasteiger partial charge in [0.15, 0.2) is 0 Å². The number of hydrogen-bond acceptors (Lipinski definition) is 1. The van der Waals surface area contributed by atoms with Gasteiger partial charge in [-0.3, -0.25) is 4.98 Å². The van der Waals surface area contributed by atoms with Crippen molar-refractivity contribution < 1.29 is 0 Å². The number of halogens is 1. The summed E-state index contributed by atoms with van der Waals surface area (Å²) < 4.78 is 0. The molecule has 1 rings (SSSR count). The van der Waals surface area contributed by atoms with Crippen LogP contribution in [0.1, 0.15) is 25.1 Å². The van der Waals surface area contributed by atoms with Crippen molar-refractivity contribution in [2.24, 2.45) is 0 Å². The molecule has 0 saturated heterocycles. The topological polar surface area (TPSA) is 12.9 Å². The van der Waals surface area contributed by atoms with Crippen LogP contribution in [0.2, 0.25) is 0 Å². The quantitative estimate of drug-likeness (QED) is 0.717. The predicted octanol–water partition coefficient (Wildman–Crippen LogP) is 3.64. The first-order valence-corrected chi connectivity index (χ1v) is 3.88. The van der Waals surface area contributed by atoms with E-state index < -0.39 is 0 Å². The third kappa shape index (κ3) is 5.08. The molecule has 0 bridgehead atoms. The number of hydrogen-bond donors (Lipinski definition) is 0. The van der Waals surface area contributed by atoms with Crippen LogP contribution in [0.4, 0.5) is 0 Å². The van der Waals surface area contributed by atoms with Gasteiger partial charge in [-0.15, -0.1) is 17.0 Å². The van der Waals surface area contributed by atoms with Gasteiger partial charge in [0.2, 0.25) is 0 Å². The zero-order valence-corrected chi connectivity index (χ0v) is 9.59. The van der Waals surface area contributed by atoms with E-state index in [0.29, 0.717) is 0 Å². The van der Waals surface area contributed by atoms with E-state index in [9.17, 15) is 0 Å². The van der Waals surface area contributed by atoms with Crippen LogP contribution in [-0.2, 0) is 0 Å². The molecule has 1 nitrogen and oxygen atoms in total. The Morgan fingerprint density at radius 1 is 1.33 bits per heavy atom. The predicted molar refractivity (Wildman–Crippen MR) is 60.7 cm³/mol. The fourth-order valence-corrected chi connectivity index (χ4v) is 0.600. The van der Waals surface area contributed by atoms with Crippen LogP contribution in [0, 0.1) is 6.92 Å². The summed E-state index contributed by atoms with van der Waals surface area (Å²) in [5.41, 5.74) is 2.11. The molecule has 0 aliphatic heterocycles. The third-order valence-corrected chi connectivity index (χ3v) is 1.17. The van der Waals surface area contributed by atoms with Gasteiger partial charge in [-0.25, -0.2) is 0 Å². The minimum atomic E-state index is 0. The van der Waals surface area contributed by atoms with Gasteiger partial charge < -0.3 is 0 Å². The Morgan fingerprint density at radius 2 is 1.92 bits per heavy atom. The molecule has 0 saturated carbocycles. The minimum Gasteiger partial charge on any atom is -0.261 e. The Bertz CT molecular complexity index is 204. The van der Waals surface area contributed by atoms with Crippen LogP contribution in [-0.4, -0.2) is 4.98 Å². The fraction of sp³-hybridized carbons (Fsp3) is 0.300. The van der Waals surface area contributed by atoms with Crippen molar-refractivity contribution in [1.29, 1.82) is 0 Å². The molecule has 2 heteroatoms. The molecule has 0 spiro atoms. The second-order valence-electron chi connectivity index (χ2n) is 1.94. The van der Waals surface area contributed by atoms with E-state index in [1.54, 1.807) is 6.08 Å². The fourth-order valence-electron chi connectivity index (χ4n) is 0.600. The highest BCUT2D eigenvalue weighted by Crippen LogP contribution is 1.98. The first-order valence-electron chi connectivity index (χ1n) is 3.88. The van der Waals surface area contributed by atoms with Crippen molar-refractivity contribution in [3.63, 3.8) is 0 Å². The molecule has 0 aliphatic carbocycles. The molecule has 1 heterocycles. The molecule has 0 unspecified atom stereocenters. The standard InChI is InChI=1S/C8H9N.C2H6.BrH/c1-3-8-5-4-7(2)9-6-8;1-2;/h3-6H,1H2,2H3;1-2H3;1H. The van der Waals surface area contributed by atoms with Crippen molar-refractivity contribution in [3.05, 3.63) is 36.2 Å². The van der Waals surface area contributed by atoms with Crippen molar-refractivity contribution in [2.75, 3.05) is 0 Å². The van der Waals surface area contributed by atoms with Gasteiger partial charge in [0.05, 0.1) is 0 Å². The van der Waals surface area contributed by atoms with Gasteiger partial charge >= 0.3 is 0 Å². The van der Waals surface area contributed by atoms with E-state index in [-0.39, 0.29) is 17.0 Å². The highest BCUT2D eigenvalue weighted by atomic mass is 79.9. The highest BCUT2D eigenvalue weighted by molar-refractivity contribution is 8.93. The lowest BCUT2D eigenvalue weighted by atomic mass is 10.2. The third-order valence-electron chi connectivity index (χ3n) is 1.17. The van der Waals surface area contributed by atoms with Crippen molar-refractivity contribution in [1.82, 2.24) is 4.98 Å². The maximum absolute atomic E-state index is 4.08. The lowest BCUT2D eigenvalue weighted by Gasteiger charge is -1.90. The van der Waals surface area contributed by atoms with Crippen LogP contribution < -0.4 is 0 Å². The number of aryl methyl sites for hydroxylation is 1. The summed E-state index contributed by atoms with van der Waals surface area (Å²) in [6.45, 7) is 9.59. The molecule has 0 amide bonds. The van der Waals surface area contributed by atoms with Gasteiger partial charge in [0, 0.05) is 11.9 Å². The molecule has 0 aromatic carbocycles. The molecule has 1 aromatic heterocycles. The number of nitrogens with zero attached hydrogens (tertiary/aromatic N) is 1. The summed E-state index contributed by atoms with van der Waals surface area (Å²) >= 11 is 0. The largest absolute Gasteiger partial charge is 0.261 e. The summed E-state index contributed by atoms with van der Waals surface area (Å²) in [7, 11) is 0. The van der Waals surface area contributed by atoms with E-state index in [0.717, 1.165) is 11.3 Å². The van der Waals surface area contributed by atoms with Gasteiger partial charge in [0.1, 0.15) is 0 Å². The number of aromatic nitrogens is 1. The Balaban J connectivity index is 0. The summed E-state index contributed by atoms with van der Waals surface area (Å²) in [5, 5.41) is 0. The molecular formula is C10H16BrN.